The van der Waals surface area contributed by atoms with Crippen LogP contribution in [0.4, 0.5) is 0 Å². The Morgan fingerprint density at radius 3 is 2.77 bits per heavy atom. The van der Waals surface area contributed by atoms with Crippen molar-refractivity contribution >= 4 is 5.91 Å². The second-order valence-electron chi connectivity index (χ2n) is 2.61. The normalized spacial score (nSPS) is 17.5. The van der Waals surface area contributed by atoms with Crippen LogP contribution in [0.3, 0.4) is 0 Å². The summed E-state index contributed by atoms with van der Waals surface area (Å²) in [6.45, 7) is 1.35. The minimum Gasteiger partial charge on any atom is -0.351 e. The van der Waals surface area contributed by atoms with Crippen molar-refractivity contribution in [2.45, 2.75) is 19.5 Å². The van der Waals surface area contributed by atoms with Crippen LogP contribution in [0.2, 0.25) is 0 Å². The Morgan fingerprint density at radius 1 is 1.62 bits per heavy atom. The van der Waals surface area contributed by atoms with Gasteiger partial charge in [0.1, 0.15) is 0 Å². The smallest absolute Gasteiger partial charge is 0.236 e. The molecular weight excluding hydrogens is 164 g/mol. The fraction of sp³-hybridized carbons (Fsp3) is 0.300. The van der Waals surface area contributed by atoms with Gasteiger partial charge in [-0.3, -0.25) is 4.79 Å². The molecule has 1 atom stereocenters. The van der Waals surface area contributed by atoms with Crippen molar-refractivity contribution in [2.24, 2.45) is 5.73 Å². The molecule has 0 heterocycles. The maximum Gasteiger partial charge on any atom is 0.236 e. The first-order valence-electron chi connectivity index (χ1n) is 6.36. The molecule has 0 saturated heterocycles. The van der Waals surface area contributed by atoms with E-state index in [1.165, 1.54) is 6.92 Å². The number of rotatable bonds is 3. The maximum atomic E-state index is 11.3. The van der Waals surface area contributed by atoms with Gasteiger partial charge in [0.05, 0.1) is 12.9 Å². The molecule has 3 heteroatoms. The van der Waals surface area contributed by atoms with E-state index in [1.807, 2.05) is 0 Å². The largest absolute Gasteiger partial charge is 0.351 e. The van der Waals surface area contributed by atoms with E-state index in [-0.39, 0.29) is 24.2 Å². The van der Waals surface area contributed by atoms with Crippen LogP contribution in [0.5, 0.6) is 0 Å². The van der Waals surface area contributed by atoms with Crippen molar-refractivity contribution in [1.29, 1.82) is 0 Å². The monoisotopic (exact) mass is 183 g/mol. The SMILES string of the molecule is [2H]c1c([2H])c([2H])c(CNC(=O)C(C)N)c([2H])c1[2H]. The van der Waals surface area contributed by atoms with Gasteiger partial charge in [-0.15, -0.1) is 0 Å². The van der Waals surface area contributed by atoms with E-state index in [2.05, 4.69) is 5.32 Å². The van der Waals surface area contributed by atoms with Crippen molar-refractivity contribution in [1.82, 2.24) is 5.32 Å². The van der Waals surface area contributed by atoms with Crippen LogP contribution in [0.15, 0.2) is 30.2 Å². The number of benzene rings is 1. The molecule has 0 bridgehead atoms. The average molecular weight is 183 g/mol. The standard InChI is InChI=1S/C10H14N2O/c1-8(11)10(13)12-7-9-5-3-2-4-6-9/h2-6,8H,7,11H2,1H3,(H,12,13)/i2D,3D,4D,5D,6D. The number of carbonyl (C=O) groups excluding carboxylic acids is 1. The molecule has 70 valence electrons. The lowest BCUT2D eigenvalue weighted by Gasteiger charge is -2.06. The number of hydrogen-bond acceptors (Lipinski definition) is 2. The highest BCUT2D eigenvalue weighted by Gasteiger charge is 2.05. The Kier molecular flexibility index (Phi) is 1.69. The van der Waals surface area contributed by atoms with Gasteiger partial charge in [0.15, 0.2) is 0 Å². The third-order valence-electron chi connectivity index (χ3n) is 1.40. The highest BCUT2D eigenvalue weighted by molar-refractivity contribution is 5.80. The predicted molar refractivity (Wildman–Crippen MR) is 51.9 cm³/mol. The fourth-order valence-corrected chi connectivity index (χ4v) is 0.701. The molecule has 0 radical (unpaired) electrons. The zero-order chi connectivity index (χ0) is 14.0. The van der Waals surface area contributed by atoms with Crippen LogP contribution in [0, 0.1) is 0 Å². The molecule has 3 nitrogen and oxygen atoms in total. The second-order valence-corrected chi connectivity index (χ2v) is 2.61. The van der Waals surface area contributed by atoms with Crippen LogP contribution in [-0.4, -0.2) is 11.9 Å². The van der Waals surface area contributed by atoms with Crippen LogP contribution >= 0.6 is 0 Å². The summed E-state index contributed by atoms with van der Waals surface area (Å²) < 4.78 is 37.6. The molecular formula is C10H14N2O. The minimum absolute atomic E-state index is 0.0509. The van der Waals surface area contributed by atoms with E-state index < -0.39 is 30.1 Å². The van der Waals surface area contributed by atoms with Crippen molar-refractivity contribution in [3.8, 4) is 0 Å². The van der Waals surface area contributed by atoms with Crippen LogP contribution in [-0.2, 0) is 11.3 Å². The molecule has 0 aliphatic rings. The predicted octanol–water partition coefficient (Wildman–Crippen LogP) is 0.650. The van der Waals surface area contributed by atoms with Crippen LogP contribution in [0.25, 0.3) is 0 Å². The van der Waals surface area contributed by atoms with E-state index in [0.717, 1.165) is 0 Å². The van der Waals surface area contributed by atoms with Gasteiger partial charge in [-0.2, -0.15) is 0 Å². The zero-order valence-electron chi connectivity index (χ0n) is 12.3. The number of nitrogens with one attached hydrogen (secondary N) is 1. The van der Waals surface area contributed by atoms with Gasteiger partial charge in [-0.05, 0) is 12.5 Å². The molecule has 1 aromatic carbocycles. The molecule has 3 N–H and O–H groups in total. The summed E-state index contributed by atoms with van der Waals surface area (Å²) in [6.07, 6.45) is 0. The molecule has 13 heavy (non-hydrogen) atoms. The average Bonchev–Trinajstić information content (AvgIpc) is 2.33. The molecule has 0 aliphatic heterocycles. The molecule has 0 aromatic heterocycles. The van der Waals surface area contributed by atoms with Crippen molar-refractivity contribution < 1.29 is 11.6 Å². The Morgan fingerprint density at radius 2 is 2.23 bits per heavy atom. The summed E-state index contributed by atoms with van der Waals surface area (Å²) in [5.74, 6) is -0.443. The minimum atomic E-state index is -0.713. The fourth-order valence-electron chi connectivity index (χ4n) is 0.701. The second kappa shape index (κ2) is 4.62. The topological polar surface area (TPSA) is 55.1 Å². The first kappa shape index (κ1) is 4.77. The third kappa shape index (κ3) is 3.25. The molecule has 0 aliphatic carbocycles. The molecule has 1 rings (SSSR count). The molecule has 0 spiro atoms. The molecule has 1 amide bonds. The van der Waals surface area contributed by atoms with Crippen LogP contribution in [0.1, 0.15) is 19.3 Å². The summed E-state index contributed by atoms with van der Waals surface area (Å²) in [7, 11) is 0. The highest BCUT2D eigenvalue weighted by atomic mass is 16.2. The quantitative estimate of drug-likeness (QED) is 0.723. The van der Waals surface area contributed by atoms with E-state index in [1.54, 1.807) is 0 Å². The number of amides is 1. The number of hydrogen-bond donors (Lipinski definition) is 2. The van der Waals surface area contributed by atoms with Gasteiger partial charge in [0, 0.05) is 6.54 Å². The van der Waals surface area contributed by atoms with E-state index >= 15 is 0 Å². The van der Waals surface area contributed by atoms with Gasteiger partial charge in [-0.1, -0.05) is 30.2 Å². The maximum absolute atomic E-state index is 11.3. The molecule has 0 fully saturated rings. The van der Waals surface area contributed by atoms with Crippen LogP contribution < -0.4 is 11.1 Å². The first-order valence-corrected chi connectivity index (χ1v) is 3.86. The lowest BCUT2D eigenvalue weighted by molar-refractivity contribution is -0.122. The molecule has 1 aromatic rings. The van der Waals surface area contributed by atoms with E-state index in [0.29, 0.717) is 0 Å². The Bertz CT molecular complexity index is 461. The van der Waals surface area contributed by atoms with Crippen molar-refractivity contribution in [2.75, 3.05) is 0 Å². The van der Waals surface area contributed by atoms with Crippen molar-refractivity contribution in [3.63, 3.8) is 0 Å². The Labute approximate surface area is 85.0 Å². The zero-order valence-corrected chi connectivity index (χ0v) is 7.27. The summed E-state index contributed by atoms with van der Waals surface area (Å²) in [4.78, 5) is 11.3. The van der Waals surface area contributed by atoms with E-state index in [9.17, 15) is 4.79 Å². The lowest BCUT2D eigenvalue weighted by Crippen LogP contribution is -2.37. The van der Waals surface area contributed by atoms with Gasteiger partial charge >= 0.3 is 0 Å². The highest BCUT2D eigenvalue weighted by Crippen LogP contribution is 1.96. The third-order valence-corrected chi connectivity index (χ3v) is 1.40. The summed E-state index contributed by atoms with van der Waals surface area (Å²) in [5, 5.41) is 2.42. The summed E-state index contributed by atoms with van der Waals surface area (Å²) in [6, 6.07) is -2.62. The van der Waals surface area contributed by atoms with Gasteiger partial charge in [0.2, 0.25) is 5.91 Å². The van der Waals surface area contributed by atoms with Gasteiger partial charge in [0.25, 0.3) is 0 Å². The first-order chi connectivity index (χ1) is 8.27. The summed E-state index contributed by atoms with van der Waals surface area (Å²) in [5.41, 5.74) is 5.40. The molecule has 0 saturated carbocycles. The Hall–Kier alpha value is -1.35. The number of nitrogens with two attached hydrogens (primary N) is 1. The van der Waals surface area contributed by atoms with E-state index in [4.69, 9.17) is 12.6 Å². The summed E-state index contributed by atoms with van der Waals surface area (Å²) >= 11 is 0. The van der Waals surface area contributed by atoms with Gasteiger partial charge in [-0.25, -0.2) is 0 Å². The lowest BCUT2D eigenvalue weighted by atomic mass is 10.2. The Balaban J connectivity index is 3.07. The number of carbonyl (C=O) groups is 1. The molecule has 1 unspecified atom stereocenters. The van der Waals surface area contributed by atoms with Crippen molar-refractivity contribution in [3.05, 3.63) is 35.8 Å². The van der Waals surface area contributed by atoms with Gasteiger partial charge < -0.3 is 11.1 Å².